The first-order valence-corrected chi connectivity index (χ1v) is 8.69. The van der Waals surface area contributed by atoms with Crippen molar-refractivity contribution in [3.05, 3.63) is 35.9 Å². The highest BCUT2D eigenvalue weighted by atomic mass is 16.5. The van der Waals surface area contributed by atoms with E-state index in [1.165, 1.54) is 5.56 Å². The highest BCUT2D eigenvalue weighted by molar-refractivity contribution is 5.90. The van der Waals surface area contributed by atoms with Crippen LogP contribution in [-0.2, 0) is 14.3 Å². The fourth-order valence-electron chi connectivity index (χ4n) is 3.96. The van der Waals surface area contributed by atoms with Crippen molar-refractivity contribution in [2.45, 2.75) is 43.5 Å². The average Bonchev–Trinajstić information content (AvgIpc) is 3.20. The molecule has 6 heteroatoms. The van der Waals surface area contributed by atoms with E-state index in [9.17, 15) is 9.59 Å². The molecule has 6 nitrogen and oxygen atoms in total. The van der Waals surface area contributed by atoms with Crippen LogP contribution in [0.4, 0.5) is 0 Å². The number of carbonyl (C=O) groups excluding carboxylic acids is 2. The zero-order valence-corrected chi connectivity index (χ0v) is 13.6. The molecule has 0 saturated carbocycles. The van der Waals surface area contributed by atoms with Crippen molar-refractivity contribution in [1.82, 2.24) is 15.5 Å². The van der Waals surface area contributed by atoms with E-state index >= 15 is 0 Å². The summed E-state index contributed by atoms with van der Waals surface area (Å²) in [4.78, 5) is 25.9. The fourth-order valence-corrected chi connectivity index (χ4v) is 3.96. The van der Waals surface area contributed by atoms with Gasteiger partial charge in [-0.15, -0.1) is 0 Å². The predicted octanol–water partition coefficient (Wildman–Crippen LogP) is 0.596. The second-order valence-corrected chi connectivity index (χ2v) is 6.94. The first-order valence-electron chi connectivity index (χ1n) is 8.69. The summed E-state index contributed by atoms with van der Waals surface area (Å²) in [6, 6.07) is 10.4. The molecule has 4 rings (SSSR count). The fraction of sp³-hybridized carbons (Fsp3) is 0.556. The van der Waals surface area contributed by atoms with Gasteiger partial charge in [0.15, 0.2) is 0 Å². The highest BCUT2D eigenvalue weighted by Crippen LogP contribution is 2.30. The van der Waals surface area contributed by atoms with Crippen molar-refractivity contribution < 1.29 is 14.3 Å². The Bertz CT molecular complexity index is 621. The molecular formula is C18H23N3O3. The number of amides is 2. The molecule has 0 aromatic heterocycles. The first kappa shape index (κ1) is 15.6. The van der Waals surface area contributed by atoms with Crippen LogP contribution in [0, 0.1) is 0 Å². The molecule has 1 aromatic carbocycles. The maximum atomic E-state index is 12.3. The van der Waals surface area contributed by atoms with Crippen LogP contribution >= 0.6 is 0 Å². The number of hydrogen-bond acceptors (Lipinski definition) is 4. The van der Waals surface area contributed by atoms with Gasteiger partial charge in [-0.3, -0.25) is 14.5 Å². The molecule has 3 saturated heterocycles. The number of ether oxygens (including phenoxy) is 1. The Labute approximate surface area is 141 Å². The lowest BCUT2D eigenvalue weighted by atomic mass is 10.1. The molecule has 0 aliphatic carbocycles. The predicted molar refractivity (Wildman–Crippen MR) is 88.2 cm³/mol. The SMILES string of the molecule is O=C1CC[C@@H](C(=O)N[C@@H]2C[C@H]3CO[C@@H](c4ccccc4)CN3C2)N1. The lowest BCUT2D eigenvalue weighted by Gasteiger charge is -2.35. The van der Waals surface area contributed by atoms with E-state index in [4.69, 9.17) is 4.74 Å². The first-order chi connectivity index (χ1) is 11.7. The van der Waals surface area contributed by atoms with Crippen molar-refractivity contribution in [2.75, 3.05) is 19.7 Å². The van der Waals surface area contributed by atoms with Crippen molar-refractivity contribution in [3.8, 4) is 0 Å². The van der Waals surface area contributed by atoms with Crippen LogP contribution in [-0.4, -0.2) is 54.5 Å². The van der Waals surface area contributed by atoms with Crippen LogP contribution in [0.15, 0.2) is 30.3 Å². The maximum Gasteiger partial charge on any atom is 0.242 e. The molecule has 2 amide bonds. The standard InChI is InChI=1S/C18H23N3O3/c22-17-7-6-15(20-17)18(23)19-13-8-14-11-24-16(10-21(14)9-13)12-4-2-1-3-5-12/h1-5,13-16H,6-11H2,(H,19,23)(H,20,22)/t13-,14+,15+,16-/m1/s1. The molecule has 3 heterocycles. The van der Waals surface area contributed by atoms with Crippen molar-refractivity contribution >= 4 is 11.8 Å². The summed E-state index contributed by atoms with van der Waals surface area (Å²) < 4.78 is 6.03. The molecule has 0 unspecified atom stereocenters. The van der Waals surface area contributed by atoms with E-state index in [1.807, 2.05) is 18.2 Å². The Kier molecular flexibility index (Phi) is 4.24. The normalized spacial score (nSPS) is 33.1. The summed E-state index contributed by atoms with van der Waals surface area (Å²) in [7, 11) is 0. The van der Waals surface area contributed by atoms with E-state index in [2.05, 4.69) is 27.7 Å². The average molecular weight is 329 g/mol. The quantitative estimate of drug-likeness (QED) is 0.852. The molecule has 24 heavy (non-hydrogen) atoms. The number of rotatable bonds is 3. The number of hydrogen-bond donors (Lipinski definition) is 2. The Morgan fingerprint density at radius 1 is 1.25 bits per heavy atom. The van der Waals surface area contributed by atoms with E-state index in [-0.39, 0.29) is 30.0 Å². The topological polar surface area (TPSA) is 70.7 Å². The number of nitrogens with one attached hydrogen (secondary N) is 2. The zero-order chi connectivity index (χ0) is 16.5. The molecule has 3 fully saturated rings. The number of carbonyl (C=O) groups is 2. The molecule has 4 atom stereocenters. The van der Waals surface area contributed by atoms with Crippen LogP contribution in [0.1, 0.15) is 30.9 Å². The molecule has 0 bridgehead atoms. The minimum Gasteiger partial charge on any atom is -0.371 e. The summed E-state index contributed by atoms with van der Waals surface area (Å²) in [5, 5.41) is 5.83. The van der Waals surface area contributed by atoms with Gasteiger partial charge < -0.3 is 15.4 Å². The smallest absolute Gasteiger partial charge is 0.242 e. The van der Waals surface area contributed by atoms with Gasteiger partial charge in [0.1, 0.15) is 6.04 Å². The largest absolute Gasteiger partial charge is 0.371 e. The van der Waals surface area contributed by atoms with Gasteiger partial charge in [0.05, 0.1) is 12.7 Å². The van der Waals surface area contributed by atoms with Gasteiger partial charge in [-0.1, -0.05) is 30.3 Å². The minimum atomic E-state index is -0.358. The minimum absolute atomic E-state index is 0.0295. The van der Waals surface area contributed by atoms with Crippen LogP contribution < -0.4 is 10.6 Å². The lowest BCUT2D eigenvalue weighted by molar-refractivity contribution is -0.126. The monoisotopic (exact) mass is 329 g/mol. The van der Waals surface area contributed by atoms with Crippen LogP contribution in [0.5, 0.6) is 0 Å². The van der Waals surface area contributed by atoms with Gasteiger partial charge in [0, 0.05) is 31.6 Å². The molecule has 2 N–H and O–H groups in total. The third-order valence-corrected chi connectivity index (χ3v) is 5.25. The van der Waals surface area contributed by atoms with E-state index in [1.54, 1.807) is 0 Å². The van der Waals surface area contributed by atoms with Gasteiger partial charge in [0.2, 0.25) is 11.8 Å². The van der Waals surface area contributed by atoms with Crippen LogP contribution in [0.25, 0.3) is 0 Å². The lowest BCUT2D eigenvalue weighted by Crippen LogP contribution is -2.47. The Morgan fingerprint density at radius 2 is 2.08 bits per heavy atom. The van der Waals surface area contributed by atoms with Gasteiger partial charge in [-0.05, 0) is 18.4 Å². The van der Waals surface area contributed by atoms with Crippen molar-refractivity contribution in [2.24, 2.45) is 0 Å². The second-order valence-electron chi connectivity index (χ2n) is 6.94. The summed E-state index contributed by atoms with van der Waals surface area (Å²) in [6.45, 7) is 2.41. The Morgan fingerprint density at radius 3 is 2.83 bits per heavy atom. The number of benzene rings is 1. The summed E-state index contributed by atoms with van der Waals surface area (Å²) in [5.41, 5.74) is 1.21. The van der Waals surface area contributed by atoms with Gasteiger partial charge >= 0.3 is 0 Å². The molecule has 0 radical (unpaired) electrons. The maximum absolute atomic E-state index is 12.3. The summed E-state index contributed by atoms with van der Waals surface area (Å²) in [5.74, 6) is -0.0793. The summed E-state index contributed by atoms with van der Waals surface area (Å²) in [6.07, 6.45) is 2.06. The van der Waals surface area contributed by atoms with Crippen LogP contribution in [0.3, 0.4) is 0 Å². The van der Waals surface area contributed by atoms with E-state index in [0.717, 1.165) is 19.5 Å². The van der Waals surface area contributed by atoms with Gasteiger partial charge in [-0.25, -0.2) is 0 Å². The summed E-state index contributed by atoms with van der Waals surface area (Å²) >= 11 is 0. The van der Waals surface area contributed by atoms with Crippen molar-refractivity contribution in [1.29, 1.82) is 0 Å². The molecular weight excluding hydrogens is 306 g/mol. The van der Waals surface area contributed by atoms with Gasteiger partial charge in [-0.2, -0.15) is 0 Å². The van der Waals surface area contributed by atoms with E-state index in [0.29, 0.717) is 25.5 Å². The molecule has 0 spiro atoms. The molecule has 3 aliphatic heterocycles. The van der Waals surface area contributed by atoms with Crippen molar-refractivity contribution in [3.63, 3.8) is 0 Å². The Balaban J connectivity index is 1.33. The highest BCUT2D eigenvalue weighted by Gasteiger charge is 2.39. The number of morpholine rings is 1. The molecule has 3 aliphatic rings. The number of nitrogens with zero attached hydrogens (tertiary/aromatic N) is 1. The van der Waals surface area contributed by atoms with E-state index < -0.39 is 0 Å². The Hall–Kier alpha value is -1.92. The zero-order valence-electron chi connectivity index (χ0n) is 13.6. The third-order valence-electron chi connectivity index (χ3n) is 5.25. The third kappa shape index (κ3) is 3.16. The van der Waals surface area contributed by atoms with Crippen LogP contribution in [0.2, 0.25) is 0 Å². The molecule has 1 aromatic rings. The van der Waals surface area contributed by atoms with Gasteiger partial charge in [0.25, 0.3) is 0 Å². The second kappa shape index (κ2) is 6.53. The number of fused-ring (bicyclic) bond motifs is 1. The molecule has 128 valence electrons.